The highest BCUT2D eigenvalue weighted by Gasteiger charge is 2.70. The molecule has 1 N–H and O–H groups in total. The second kappa shape index (κ2) is 7.64. The summed E-state index contributed by atoms with van der Waals surface area (Å²) >= 11 is 0. The average Bonchev–Trinajstić information content (AvgIpc) is 3.28. The number of fused-ring (bicyclic) bond motifs is 1. The Kier molecular flexibility index (Phi) is 6.27. The smallest absolute Gasteiger partial charge is 0.363 e. The first-order chi connectivity index (χ1) is 13.3. The molecule has 0 amide bonds. The molecule has 0 aliphatic heterocycles. The van der Waals surface area contributed by atoms with Crippen LogP contribution in [-0.2, 0) is 4.79 Å². The van der Waals surface area contributed by atoms with Gasteiger partial charge in [-0.15, -0.1) is 0 Å². The molecule has 2 atom stereocenters. The number of halogens is 6. The van der Waals surface area contributed by atoms with Crippen LogP contribution >= 0.6 is 0 Å². The maximum absolute atomic E-state index is 12.7. The van der Waals surface area contributed by atoms with Crippen LogP contribution in [0.5, 0.6) is 0 Å². The van der Waals surface area contributed by atoms with Crippen LogP contribution < -0.4 is 0 Å². The molecule has 2 saturated carbocycles. The summed E-state index contributed by atoms with van der Waals surface area (Å²) < 4.78 is 76.4. The van der Waals surface area contributed by atoms with Crippen LogP contribution in [0.15, 0.2) is 11.6 Å². The van der Waals surface area contributed by atoms with E-state index >= 15 is 0 Å². The minimum absolute atomic E-state index is 0.158. The average molecular weight is 424 g/mol. The predicted octanol–water partition coefficient (Wildman–Crippen LogP) is 5.75. The summed E-state index contributed by atoms with van der Waals surface area (Å²) in [5.41, 5.74) is -5.05. The van der Waals surface area contributed by atoms with Crippen molar-refractivity contribution in [1.29, 1.82) is 0 Å². The Hall–Kier alpha value is -1.49. The lowest BCUT2D eigenvalue weighted by molar-refractivity contribution is -0.343. The Bertz CT molecular complexity index is 719. The van der Waals surface area contributed by atoms with E-state index in [-0.39, 0.29) is 18.1 Å². The molecule has 2 fully saturated rings. The number of carbonyl (C=O) groups excluding carboxylic acids is 1. The molecular weight excluding hydrogens is 398 g/mol. The van der Waals surface area contributed by atoms with Crippen LogP contribution in [0, 0.1) is 28.6 Å². The monoisotopic (exact) mass is 424 g/mol. The molecular formula is C21H26F6O2. The first kappa shape index (κ1) is 23.8. The van der Waals surface area contributed by atoms with Gasteiger partial charge < -0.3 is 5.11 Å². The lowest BCUT2D eigenvalue weighted by Crippen LogP contribution is -2.55. The Labute approximate surface area is 166 Å². The molecule has 0 aromatic heterocycles. The van der Waals surface area contributed by atoms with Crippen molar-refractivity contribution in [3.05, 3.63) is 11.6 Å². The molecule has 8 heteroatoms. The molecule has 0 aromatic rings. The van der Waals surface area contributed by atoms with Gasteiger partial charge in [-0.3, -0.25) is 4.79 Å². The lowest BCUT2D eigenvalue weighted by atomic mass is 9.62. The SMILES string of the molecule is CC.CC12CCCC(=O)C1CC=C2C1(CC#CC(O)(C(F)(F)F)C(F)(F)F)CC1. The summed E-state index contributed by atoms with van der Waals surface area (Å²) in [6, 6.07) is 0. The minimum Gasteiger partial charge on any atom is -0.363 e. The van der Waals surface area contributed by atoms with Crippen LogP contribution in [0.4, 0.5) is 26.3 Å². The topological polar surface area (TPSA) is 37.3 Å². The number of aliphatic hydroxyl groups is 1. The third-order valence-corrected chi connectivity index (χ3v) is 6.39. The van der Waals surface area contributed by atoms with Gasteiger partial charge in [0.15, 0.2) is 0 Å². The third-order valence-electron chi connectivity index (χ3n) is 6.39. The van der Waals surface area contributed by atoms with Gasteiger partial charge in [-0.25, -0.2) is 0 Å². The number of alkyl halides is 6. The number of Topliss-reactive ketones (excluding diaryl/α,β-unsaturated/α-hetero) is 1. The predicted molar refractivity (Wildman–Crippen MR) is 95.6 cm³/mol. The first-order valence-corrected chi connectivity index (χ1v) is 9.87. The van der Waals surface area contributed by atoms with Crippen molar-refractivity contribution in [3.8, 4) is 11.8 Å². The van der Waals surface area contributed by atoms with Gasteiger partial charge in [0.2, 0.25) is 0 Å². The lowest BCUT2D eigenvalue weighted by Gasteiger charge is -2.40. The zero-order valence-electron chi connectivity index (χ0n) is 16.7. The van der Waals surface area contributed by atoms with E-state index in [9.17, 15) is 31.1 Å². The molecule has 0 saturated heterocycles. The van der Waals surface area contributed by atoms with E-state index in [1.54, 1.807) is 0 Å². The Balaban J connectivity index is 0.00000145. The maximum atomic E-state index is 12.7. The van der Waals surface area contributed by atoms with E-state index in [0.717, 1.165) is 24.3 Å². The van der Waals surface area contributed by atoms with E-state index in [0.29, 0.717) is 25.7 Å². The van der Waals surface area contributed by atoms with Crippen molar-refractivity contribution in [2.45, 2.75) is 83.7 Å². The fraction of sp³-hybridized carbons (Fsp3) is 0.762. The van der Waals surface area contributed by atoms with Crippen LogP contribution in [0.3, 0.4) is 0 Å². The molecule has 29 heavy (non-hydrogen) atoms. The Morgan fingerprint density at radius 3 is 2.14 bits per heavy atom. The zero-order valence-corrected chi connectivity index (χ0v) is 16.7. The maximum Gasteiger partial charge on any atom is 0.438 e. The quantitative estimate of drug-likeness (QED) is 0.348. The van der Waals surface area contributed by atoms with Gasteiger partial charge in [0.1, 0.15) is 5.78 Å². The summed E-state index contributed by atoms with van der Waals surface area (Å²) in [6.45, 7) is 5.96. The third kappa shape index (κ3) is 3.95. The number of allylic oxidation sites excluding steroid dienone is 2. The highest BCUT2D eigenvalue weighted by atomic mass is 19.4. The number of hydrogen-bond donors (Lipinski definition) is 1. The van der Waals surface area contributed by atoms with Gasteiger partial charge in [0, 0.05) is 24.2 Å². The van der Waals surface area contributed by atoms with Gasteiger partial charge in [-0.1, -0.05) is 38.3 Å². The molecule has 3 rings (SSSR count). The molecule has 0 spiro atoms. The van der Waals surface area contributed by atoms with Crippen LogP contribution in [0.2, 0.25) is 0 Å². The second-order valence-electron chi connectivity index (χ2n) is 8.11. The van der Waals surface area contributed by atoms with Gasteiger partial charge in [-0.2, -0.15) is 26.3 Å². The van der Waals surface area contributed by atoms with E-state index in [1.807, 2.05) is 32.8 Å². The minimum atomic E-state index is -5.94. The normalized spacial score (nSPS) is 28.4. The van der Waals surface area contributed by atoms with E-state index in [2.05, 4.69) is 0 Å². The molecule has 0 bridgehead atoms. The van der Waals surface area contributed by atoms with E-state index < -0.39 is 28.8 Å². The largest absolute Gasteiger partial charge is 0.438 e. The van der Waals surface area contributed by atoms with Crippen molar-refractivity contribution in [3.63, 3.8) is 0 Å². The first-order valence-electron chi connectivity index (χ1n) is 9.87. The summed E-state index contributed by atoms with van der Waals surface area (Å²) in [5, 5.41) is 9.16. The Morgan fingerprint density at radius 1 is 1.10 bits per heavy atom. The molecule has 0 radical (unpaired) electrons. The molecule has 0 heterocycles. The molecule has 3 aliphatic carbocycles. The summed E-state index contributed by atoms with van der Waals surface area (Å²) in [6.07, 6.45) is -6.32. The van der Waals surface area contributed by atoms with Crippen LogP contribution in [0.1, 0.15) is 65.7 Å². The fourth-order valence-corrected chi connectivity index (χ4v) is 4.67. The molecule has 3 aliphatic rings. The van der Waals surface area contributed by atoms with E-state index in [4.69, 9.17) is 5.11 Å². The fourth-order valence-electron chi connectivity index (χ4n) is 4.67. The van der Waals surface area contributed by atoms with Crippen molar-refractivity contribution in [2.24, 2.45) is 16.7 Å². The molecule has 2 nitrogen and oxygen atoms in total. The van der Waals surface area contributed by atoms with Gasteiger partial charge >= 0.3 is 18.0 Å². The highest BCUT2D eigenvalue weighted by Crippen LogP contribution is 2.66. The molecule has 164 valence electrons. The van der Waals surface area contributed by atoms with Crippen LogP contribution in [-0.4, -0.2) is 28.8 Å². The summed E-state index contributed by atoms with van der Waals surface area (Å²) in [7, 11) is 0. The highest BCUT2D eigenvalue weighted by molar-refractivity contribution is 5.84. The number of hydrogen-bond acceptors (Lipinski definition) is 2. The second-order valence-corrected chi connectivity index (χ2v) is 8.11. The Morgan fingerprint density at radius 2 is 1.66 bits per heavy atom. The van der Waals surface area contributed by atoms with E-state index in [1.165, 1.54) is 0 Å². The summed E-state index contributed by atoms with van der Waals surface area (Å²) in [4.78, 5) is 12.2. The number of carbonyl (C=O) groups is 1. The zero-order chi connectivity index (χ0) is 22.3. The number of rotatable bonds is 2. The summed E-state index contributed by atoms with van der Waals surface area (Å²) in [5.74, 6) is 3.04. The van der Waals surface area contributed by atoms with Gasteiger partial charge in [0.25, 0.3) is 0 Å². The van der Waals surface area contributed by atoms with Gasteiger partial charge in [-0.05, 0) is 43.4 Å². The van der Waals surface area contributed by atoms with Crippen molar-refractivity contribution in [2.75, 3.05) is 0 Å². The van der Waals surface area contributed by atoms with Crippen molar-refractivity contribution in [1.82, 2.24) is 0 Å². The van der Waals surface area contributed by atoms with Crippen LogP contribution in [0.25, 0.3) is 0 Å². The van der Waals surface area contributed by atoms with Crippen molar-refractivity contribution < 1.29 is 36.2 Å². The standard InChI is InChI=1S/C19H20F6O2.C2H6/c1-15-7-2-4-13(26)12(15)5-6-14(15)16(10-11-16)8-3-9-17(27,18(20,21)22)19(23,24)25;1-2/h6,12,27H,2,4-5,7-8,10-11H2,1H3;1-2H3. The van der Waals surface area contributed by atoms with Gasteiger partial charge in [0.05, 0.1) is 0 Å². The molecule has 2 unspecified atom stereocenters. The molecule has 0 aromatic carbocycles. The number of ketones is 1. The van der Waals surface area contributed by atoms with Crippen molar-refractivity contribution >= 4 is 5.78 Å².